The lowest BCUT2D eigenvalue weighted by Crippen LogP contribution is -2.51. The van der Waals surface area contributed by atoms with Gasteiger partial charge in [0.1, 0.15) is 5.88 Å². The highest BCUT2D eigenvalue weighted by atomic mass is 35.5. The van der Waals surface area contributed by atoms with Crippen molar-refractivity contribution in [3.8, 4) is 0 Å². The lowest BCUT2D eigenvalue weighted by atomic mass is 10.2. The van der Waals surface area contributed by atoms with Crippen LogP contribution in [0.15, 0.2) is 0 Å². The molecule has 0 heterocycles. The molecule has 0 nitrogen and oxygen atoms in total. The van der Waals surface area contributed by atoms with Crippen LogP contribution in [0.1, 0.15) is 0 Å². The minimum Gasteiger partial charge on any atom is -0.198 e. The van der Waals surface area contributed by atoms with E-state index in [0.717, 1.165) is 0 Å². The SMILES string of the molecule is FC(F)(F)C(F)(F)C(F)(F)[CH]Cl. The summed E-state index contributed by atoms with van der Waals surface area (Å²) >= 11 is 4.13. The Morgan fingerprint density at radius 3 is 1.25 bits per heavy atom. The third-order valence-corrected chi connectivity index (χ3v) is 1.19. The zero-order valence-electron chi connectivity index (χ0n) is 5.10. The minimum absolute atomic E-state index is 1.01. The van der Waals surface area contributed by atoms with Crippen LogP contribution in [0.2, 0.25) is 0 Å². The van der Waals surface area contributed by atoms with E-state index < -0.39 is 23.9 Å². The standard InChI is InChI=1S/C4HClF7/c5-1-2(6,7)3(8,9)4(10,11)12/h1H. The number of hydrogen-bond donors (Lipinski definition) is 0. The molecule has 0 aliphatic heterocycles. The predicted octanol–water partition coefficient (Wildman–Crippen LogP) is 3.22. The van der Waals surface area contributed by atoms with E-state index in [2.05, 4.69) is 11.6 Å². The quantitative estimate of drug-likeness (QED) is 0.623. The van der Waals surface area contributed by atoms with Crippen LogP contribution in [0.4, 0.5) is 30.7 Å². The average molecular weight is 217 g/mol. The molecular weight excluding hydrogens is 216 g/mol. The summed E-state index contributed by atoms with van der Waals surface area (Å²) in [5.41, 5.74) is 0. The first-order valence-corrected chi connectivity index (χ1v) is 2.77. The highest BCUT2D eigenvalue weighted by molar-refractivity contribution is 6.23. The van der Waals surface area contributed by atoms with Gasteiger partial charge in [0.05, 0.1) is 0 Å². The van der Waals surface area contributed by atoms with Gasteiger partial charge in [-0.2, -0.15) is 30.7 Å². The Hall–Kier alpha value is -0.200. The van der Waals surface area contributed by atoms with Gasteiger partial charge < -0.3 is 0 Å². The molecule has 0 amide bonds. The smallest absolute Gasteiger partial charge is 0.198 e. The maximum absolute atomic E-state index is 11.8. The van der Waals surface area contributed by atoms with Gasteiger partial charge in [0, 0.05) is 0 Å². The first kappa shape index (κ1) is 11.8. The van der Waals surface area contributed by atoms with E-state index in [9.17, 15) is 30.7 Å². The molecule has 0 fully saturated rings. The lowest BCUT2D eigenvalue weighted by molar-refractivity contribution is -0.343. The van der Waals surface area contributed by atoms with Gasteiger partial charge in [-0.1, -0.05) is 0 Å². The van der Waals surface area contributed by atoms with Gasteiger partial charge in [0.15, 0.2) is 0 Å². The monoisotopic (exact) mass is 217 g/mol. The van der Waals surface area contributed by atoms with Crippen LogP contribution in [0.25, 0.3) is 0 Å². The maximum Gasteiger partial charge on any atom is 0.459 e. The highest BCUT2D eigenvalue weighted by Gasteiger charge is 2.72. The zero-order valence-corrected chi connectivity index (χ0v) is 5.86. The summed E-state index contributed by atoms with van der Waals surface area (Å²) in [6.45, 7) is 0. The van der Waals surface area contributed by atoms with E-state index in [0.29, 0.717) is 0 Å². The van der Waals surface area contributed by atoms with Crippen LogP contribution < -0.4 is 0 Å². The van der Waals surface area contributed by atoms with Crippen LogP contribution in [0, 0.1) is 5.88 Å². The van der Waals surface area contributed by atoms with E-state index in [1.165, 1.54) is 0 Å². The fraction of sp³-hybridized carbons (Fsp3) is 0.750. The fourth-order valence-electron chi connectivity index (χ4n) is 0.257. The molecule has 0 atom stereocenters. The van der Waals surface area contributed by atoms with Gasteiger partial charge >= 0.3 is 18.0 Å². The van der Waals surface area contributed by atoms with Gasteiger partial charge in [-0.15, -0.1) is 11.6 Å². The summed E-state index contributed by atoms with van der Waals surface area (Å²) in [7, 11) is 0. The molecular formula is C4HClF7. The van der Waals surface area contributed by atoms with E-state index in [4.69, 9.17) is 0 Å². The molecule has 1 radical (unpaired) electrons. The van der Waals surface area contributed by atoms with E-state index in [1.807, 2.05) is 0 Å². The Morgan fingerprint density at radius 2 is 1.17 bits per heavy atom. The van der Waals surface area contributed by atoms with Crippen molar-refractivity contribution in [3.63, 3.8) is 0 Å². The molecule has 0 unspecified atom stereocenters. The summed E-state index contributed by atoms with van der Waals surface area (Å²) in [5, 5.41) is 0. The molecule has 8 heteroatoms. The molecule has 0 N–H and O–H groups in total. The largest absolute Gasteiger partial charge is 0.459 e. The van der Waals surface area contributed by atoms with E-state index >= 15 is 0 Å². The van der Waals surface area contributed by atoms with Gasteiger partial charge in [0.2, 0.25) is 0 Å². The van der Waals surface area contributed by atoms with Crippen molar-refractivity contribution in [2.45, 2.75) is 18.0 Å². The summed E-state index contributed by atoms with van der Waals surface area (Å²) in [6, 6.07) is 0. The second-order valence-corrected chi connectivity index (χ2v) is 2.02. The Labute approximate surface area is 67.3 Å². The van der Waals surface area contributed by atoms with Crippen molar-refractivity contribution in [1.29, 1.82) is 0 Å². The fourth-order valence-corrected chi connectivity index (χ4v) is 0.395. The summed E-state index contributed by atoms with van der Waals surface area (Å²) in [6.07, 6.45) is -6.32. The summed E-state index contributed by atoms with van der Waals surface area (Å²) < 4.78 is 80.6. The second kappa shape index (κ2) is 2.93. The van der Waals surface area contributed by atoms with Crippen molar-refractivity contribution in [3.05, 3.63) is 5.88 Å². The zero-order chi connectivity index (χ0) is 10.2. The third-order valence-electron chi connectivity index (χ3n) is 0.912. The molecule has 12 heavy (non-hydrogen) atoms. The Balaban J connectivity index is 4.85. The number of alkyl halides is 7. The summed E-state index contributed by atoms with van der Waals surface area (Å²) in [5.74, 6) is -12.5. The minimum atomic E-state index is -6.32. The normalized spacial score (nSPS) is 15.0. The molecule has 0 saturated heterocycles. The van der Waals surface area contributed by atoms with Crippen molar-refractivity contribution in [1.82, 2.24) is 0 Å². The Morgan fingerprint density at radius 1 is 0.833 bits per heavy atom. The third kappa shape index (κ3) is 1.75. The Kier molecular flexibility index (Phi) is 2.89. The van der Waals surface area contributed by atoms with Crippen LogP contribution in [0.3, 0.4) is 0 Å². The first-order valence-electron chi connectivity index (χ1n) is 2.33. The van der Waals surface area contributed by atoms with E-state index in [1.54, 1.807) is 0 Å². The first-order chi connectivity index (χ1) is 5.06. The van der Waals surface area contributed by atoms with Gasteiger partial charge in [-0.25, -0.2) is 0 Å². The predicted molar refractivity (Wildman–Crippen MR) is 26.1 cm³/mol. The van der Waals surface area contributed by atoms with Crippen LogP contribution in [-0.2, 0) is 0 Å². The second-order valence-electron chi connectivity index (χ2n) is 1.80. The molecule has 0 aromatic heterocycles. The van der Waals surface area contributed by atoms with Crippen LogP contribution >= 0.6 is 11.6 Å². The molecule has 0 spiro atoms. The highest BCUT2D eigenvalue weighted by Crippen LogP contribution is 2.48. The van der Waals surface area contributed by atoms with Crippen LogP contribution in [0.5, 0.6) is 0 Å². The van der Waals surface area contributed by atoms with Crippen molar-refractivity contribution in [2.24, 2.45) is 0 Å². The average Bonchev–Trinajstić information content (AvgIpc) is 1.85. The number of hydrogen-bond acceptors (Lipinski definition) is 0. The molecule has 0 aliphatic carbocycles. The van der Waals surface area contributed by atoms with Crippen molar-refractivity contribution < 1.29 is 30.7 Å². The molecule has 0 bridgehead atoms. The maximum atomic E-state index is 11.8. The number of halogens is 8. The van der Waals surface area contributed by atoms with E-state index in [-0.39, 0.29) is 0 Å². The molecule has 0 aromatic rings. The van der Waals surface area contributed by atoms with Gasteiger partial charge in [0.25, 0.3) is 0 Å². The van der Waals surface area contributed by atoms with Crippen molar-refractivity contribution >= 4 is 11.6 Å². The molecule has 0 aromatic carbocycles. The van der Waals surface area contributed by atoms with Crippen molar-refractivity contribution in [2.75, 3.05) is 0 Å². The van der Waals surface area contributed by atoms with Crippen LogP contribution in [-0.4, -0.2) is 18.0 Å². The molecule has 0 saturated carbocycles. The molecule has 0 rings (SSSR count). The molecule has 0 aliphatic rings. The Bertz CT molecular complexity index is 159. The van der Waals surface area contributed by atoms with Gasteiger partial charge in [-0.05, 0) is 0 Å². The molecule has 73 valence electrons. The topological polar surface area (TPSA) is 0 Å². The lowest BCUT2D eigenvalue weighted by Gasteiger charge is -2.25. The number of rotatable bonds is 2. The van der Waals surface area contributed by atoms with Gasteiger partial charge in [-0.3, -0.25) is 0 Å². The summed E-state index contributed by atoms with van der Waals surface area (Å²) in [4.78, 5) is 0.